The summed E-state index contributed by atoms with van der Waals surface area (Å²) in [5, 5.41) is 31.2. The maximum absolute atomic E-state index is 11.1. The zero-order valence-corrected chi connectivity index (χ0v) is 84.7. The molecule has 0 aliphatic rings. The molecular weight excluding hydrogens is 2040 g/mol. The van der Waals surface area contributed by atoms with Gasteiger partial charge in [0.25, 0.3) is 0 Å². The molecule has 29 rings (SSSR count). The number of rotatable bonds is 11. The fourth-order valence-corrected chi connectivity index (χ4v) is 22.6. The number of hydrogen-bond donors (Lipinski definition) is 0. The van der Waals surface area contributed by atoms with Gasteiger partial charge in [-0.15, -0.1) is 76.3 Å². The van der Waals surface area contributed by atoms with Crippen LogP contribution in [0.5, 0.6) is 5.75 Å². The Morgan fingerprint density at radius 1 is 0.307 bits per heavy atom. The minimum absolute atomic E-state index is 0. The van der Waals surface area contributed by atoms with E-state index >= 15 is 0 Å². The minimum atomic E-state index is -2.20. The second kappa shape index (κ2) is 42.1. The molecule has 0 aliphatic carbocycles. The van der Waals surface area contributed by atoms with Crippen molar-refractivity contribution in [2.75, 3.05) is 0 Å². The van der Waals surface area contributed by atoms with Crippen LogP contribution in [0.2, 0.25) is 0 Å². The average molecular weight is 2140 g/mol. The number of aryl methyl sites for hydroxylation is 3. The average Bonchev–Trinajstić information content (AvgIpc) is 1.27. The Kier molecular flexibility index (Phi) is 24.0. The Morgan fingerprint density at radius 2 is 0.833 bits per heavy atom. The molecule has 0 atom stereocenters. The van der Waals surface area contributed by atoms with Gasteiger partial charge in [-0.05, 0) is 202 Å². The SMILES string of the molecule is [2H]C([2H])([2H])c1c[c-]c(-c2ccc(C([2H])([2H])[2H])cn2)cc1.[2H]C([2H])([2H])c1ccnc(-c2[c-]ccc3c2oc2cc4oc5ccccc5c4cc23)c1.[Ir].[Li+].[O-]c1cccc2ccc[nH+]c12.c1ccc(-c2ccc(-c3cccc4c3sc3c(-c5cccc(-c6nc(-c7ccccc7)nc(-c7ccccc7)n6)c5)cccc34)cc2)cc1.c1ccc2cc(-c3c4ccccc4c(-c4ccc5ccccc5c4)c4cc(-c5nccc6c5sc5ccccc56)ccc34)ccc2c1. The third kappa shape index (κ3) is 19.0. The molecule has 0 aliphatic heterocycles. The number of H-pyrrole nitrogens is 1. The zero-order chi connectivity index (χ0) is 107. The maximum Gasteiger partial charge on any atom is 1.00 e. The largest absolute Gasteiger partial charge is 1.00 e. The Bertz CT molecular complexity index is 10400. The Labute approximate surface area is 912 Å². The number of thiophene rings is 2. The predicted octanol–water partition coefficient (Wildman–Crippen LogP) is 32.9. The van der Waals surface area contributed by atoms with Crippen LogP contribution in [0.3, 0.4) is 0 Å². The van der Waals surface area contributed by atoms with E-state index in [1.807, 2.05) is 150 Å². The summed E-state index contributed by atoms with van der Waals surface area (Å²) in [6.45, 7) is -6.54. The summed E-state index contributed by atoms with van der Waals surface area (Å²) in [6.07, 6.45) is 6.52. The van der Waals surface area contributed by atoms with Crippen molar-refractivity contribution >= 4 is 161 Å². The van der Waals surface area contributed by atoms with E-state index in [-0.39, 0.29) is 61.4 Å². The molecule has 14 heteroatoms. The van der Waals surface area contributed by atoms with E-state index in [9.17, 15) is 5.11 Å². The van der Waals surface area contributed by atoms with Gasteiger partial charge >= 0.3 is 18.9 Å². The van der Waals surface area contributed by atoms with Crippen LogP contribution in [0.25, 0.3) is 262 Å². The molecule has 0 saturated carbocycles. The molecule has 0 spiro atoms. The van der Waals surface area contributed by atoms with Gasteiger partial charge in [0, 0.05) is 143 Å². The first-order valence-corrected chi connectivity index (χ1v) is 50.3. The number of pyridine rings is 4. The number of nitrogens with zero attached hydrogens (tertiary/aromatic N) is 6. The number of aromatic amines is 1. The molecule has 709 valence electrons. The number of fused-ring (bicyclic) bond motifs is 17. The number of benzene rings is 20. The quantitative estimate of drug-likeness (QED) is 0.0703. The predicted molar refractivity (Wildman–Crippen MR) is 615 cm³/mol. The molecule has 10 nitrogen and oxygen atoms in total. The molecule has 1 N–H and O–H groups in total. The summed E-state index contributed by atoms with van der Waals surface area (Å²) in [5.41, 5.74) is 23.8. The second-order valence-corrected chi connectivity index (χ2v) is 38.3. The van der Waals surface area contributed by atoms with E-state index in [4.69, 9.17) is 41.1 Å². The van der Waals surface area contributed by atoms with Crippen molar-refractivity contribution in [3.05, 3.63) is 509 Å². The van der Waals surface area contributed by atoms with E-state index in [2.05, 4.69) is 306 Å². The summed E-state index contributed by atoms with van der Waals surface area (Å²) in [7, 11) is 0. The molecule has 9 aromatic heterocycles. The number of para-hydroxylation sites is 2. The van der Waals surface area contributed by atoms with Gasteiger partial charge in [0.15, 0.2) is 23.7 Å². The molecule has 9 heterocycles. The summed E-state index contributed by atoms with van der Waals surface area (Å²) in [5.74, 6) is 2.01. The van der Waals surface area contributed by atoms with E-state index in [0.29, 0.717) is 56.7 Å². The first-order chi connectivity index (χ1) is 76.6. The number of aromatic nitrogens is 7. The molecule has 1 radical (unpaired) electrons. The molecule has 0 saturated heterocycles. The molecule has 0 fully saturated rings. The molecule has 0 bridgehead atoms. The van der Waals surface area contributed by atoms with Gasteiger partial charge in [0.05, 0.1) is 16.0 Å². The van der Waals surface area contributed by atoms with Gasteiger partial charge in [-0.3, -0.25) is 4.98 Å². The van der Waals surface area contributed by atoms with E-state index in [1.54, 1.807) is 36.5 Å². The monoisotopic (exact) mass is 2140 g/mol. The molecule has 29 aromatic rings. The van der Waals surface area contributed by atoms with Crippen molar-refractivity contribution in [3.63, 3.8) is 0 Å². The van der Waals surface area contributed by atoms with Crippen molar-refractivity contribution in [3.8, 4) is 129 Å². The summed E-state index contributed by atoms with van der Waals surface area (Å²) in [6, 6.07) is 161. The minimum Gasteiger partial charge on any atom is -0.868 e. The van der Waals surface area contributed by atoms with Crippen LogP contribution >= 0.6 is 22.7 Å². The van der Waals surface area contributed by atoms with E-state index < -0.39 is 20.6 Å². The van der Waals surface area contributed by atoms with Crippen LogP contribution in [0.1, 0.15) is 29.0 Å². The maximum atomic E-state index is 11.1. The van der Waals surface area contributed by atoms with Crippen LogP contribution in [0.15, 0.2) is 489 Å². The normalized spacial score (nSPS) is 12.4. The fourth-order valence-electron chi connectivity index (χ4n) is 20.0. The number of hydrogen-bond acceptors (Lipinski definition) is 11. The Morgan fingerprint density at radius 3 is 1.51 bits per heavy atom. The molecule has 0 unspecified atom stereocenters. The number of nitrogens with one attached hydrogen (secondary N) is 1. The molecule has 20 aromatic carbocycles. The van der Waals surface area contributed by atoms with Crippen molar-refractivity contribution in [2.24, 2.45) is 0 Å². The van der Waals surface area contributed by atoms with Gasteiger partial charge in [0.1, 0.15) is 16.7 Å². The molecule has 150 heavy (non-hydrogen) atoms. The topological polar surface area (TPSA) is 141 Å². The number of furan rings is 2. The zero-order valence-electron chi connectivity index (χ0n) is 89.7. The van der Waals surface area contributed by atoms with Crippen LogP contribution in [0, 0.1) is 32.7 Å². The van der Waals surface area contributed by atoms with Gasteiger partial charge in [0.2, 0.25) is 5.52 Å². The van der Waals surface area contributed by atoms with Gasteiger partial charge in [-0.25, -0.2) is 19.9 Å². The Balaban J connectivity index is 0.000000115. The third-order valence-corrected chi connectivity index (χ3v) is 29.6. The summed E-state index contributed by atoms with van der Waals surface area (Å²) >= 11 is 3.70. The molecule has 0 amide bonds. The first-order valence-electron chi connectivity index (χ1n) is 53.2. The summed E-state index contributed by atoms with van der Waals surface area (Å²) in [4.78, 5) is 31.2. The van der Waals surface area contributed by atoms with Gasteiger partial charge in [-0.2, -0.15) is 0 Å². The van der Waals surface area contributed by atoms with Crippen molar-refractivity contribution < 1.29 is 70.2 Å². The van der Waals surface area contributed by atoms with Crippen LogP contribution in [-0.2, 0) is 20.1 Å². The Hall–Kier alpha value is -17.6. The van der Waals surface area contributed by atoms with E-state index in [1.165, 1.54) is 170 Å². The van der Waals surface area contributed by atoms with Crippen molar-refractivity contribution in [1.29, 1.82) is 0 Å². The molecular formula is C136H89IrLiN7O3S2-. The van der Waals surface area contributed by atoms with E-state index in [0.717, 1.165) is 71.6 Å². The van der Waals surface area contributed by atoms with Crippen LogP contribution in [-0.4, -0.2) is 29.9 Å². The summed E-state index contributed by atoms with van der Waals surface area (Å²) < 4.78 is 83.9. The van der Waals surface area contributed by atoms with Crippen LogP contribution in [0.4, 0.5) is 0 Å². The van der Waals surface area contributed by atoms with Crippen molar-refractivity contribution in [1.82, 2.24) is 29.9 Å². The third-order valence-electron chi connectivity index (χ3n) is 27.1. The second-order valence-electron chi connectivity index (χ2n) is 36.2. The van der Waals surface area contributed by atoms with Gasteiger partial charge in [-0.1, -0.05) is 369 Å². The fraction of sp³-hybridized carbons (Fsp3) is 0.0221. The van der Waals surface area contributed by atoms with Crippen LogP contribution < -0.4 is 29.0 Å². The van der Waals surface area contributed by atoms with Gasteiger partial charge < -0.3 is 23.9 Å². The smallest absolute Gasteiger partial charge is 0.868 e. The first kappa shape index (κ1) is 85.6. The standard InChI is InChI=1S/C45H29N3S.C45H27NS.C24H14NO2.C13H12N.C9H7NO.Ir.Li/c1-4-13-30(14-5-1)31-25-27-32(28-26-31)37-21-11-23-39-40-24-12-22-38(42(40)49-41(37)39)35-19-10-20-36(29-35)45-47-43(33-15-6-2-7-16-33)46-44(48-45)34-17-8-3-9-18-34;1-3-11-30-25-32(19-17-28(30)9-1)42-36-14-5-6-15-37(36)43(33-20-18-29-10-2-4-12-31(29)26-33)40-27-34(21-22-38(40)42)44-45-39(23-24-46-44)35-13-7-8-16-41(35)47-45;1-14-9-10-25-20(11-14)17-7-4-6-16-19-12-18-15-5-2-3-8-21(15)26-22(18)13-23(19)27-24(16)17;1-10-3-6-12(7-4-10)13-8-5-11(2)9-14-13;11-8-5-1-3-7-4-2-6-10-9(7)8;;/h1-29H;1-27H;2-6,8-13H,1H3;3-6,8-9H,1-2H3;1-6,11H;;/q;;2*-1;;;+1/i;;1D3;1D3,2D3;;;. The van der Waals surface area contributed by atoms with Crippen molar-refractivity contribution in [2.45, 2.75) is 20.6 Å².